The zero-order valence-electron chi connectivity index (χ0n) is 10.5. The minimum Gasteiger partial charge on any atom is -0.369 e. The SMILES string of the molecule is CCCNc1cnc(CSc2n[nH]c(C)n2)cn1. The molecule has 0 atom stereocenters. The predicted molar refractivity (Wildman–Crippen MR) is 71.5 cm³/mol. The number of hydrogen-bond donors (Lipinski definition) is 2. The van der Waals surface area contributed by atoms with Gasteiger partial charge < -0.3 is 5.32 Å². The van der Waals surface area contributed by atoms with Crippen LogP contribution in [0.2, 0.25) is 0 Å². The molecule has 0 amide bonds. The van der Waals surface area contributed by atoms with Gasteiger partial charge in [-0.05, 0) is 13.3 Å². The molecule has 6 nitrogen and oxygen atoms in total. The number of anilines is 1. The van der Waals surface area contributed by atoms with Crippen molar-refractivity contribution in [1.29, 1.82) is 0 Å². The molecule has 0 spiro atoms. The van der Waals surface area contributed by atoms with Crippen LogP contribution in [0.3, 0.4) is 0 Å². The van der Waals surface area contributed by atoms with Gasteiger partial charge in [-0.15, -0.1) is 5.10 Å². The first-order valence-electron chi connectivity index (χ1n) is 5.84. The molecule has 0 aliphatic rings. The lowest BCUT2D eigenvalue weighted by Gasteiger charge is -2.03. The number of nitrogens with one attached hydrogen (secondary N) is 2. The topological polar surface area (TPSA) is 79.4 Å². The fourth-order valence-electron chi connectivity index (χ4n) is 1.30. The van der Waals surface area contributed by atoms with Crippen LogP contribution in [0, 0.1) is 6.92 Å². The van der Waals surface area contributed by atoms with Gasteiger partial charge in [-0.2, -0.15) is 0 Å². The summed E-state index contributed by atoms with van der Waals surface area (Å²) in [7, 11) is 0. The maximum absolute atomic E-state index is 4.34. The maximum atomic E-state index is 4.34. The van der Waals surface area contributed by atoms with Crippen LogP contribution in [0.5, 0.6) is 0 Å². The van der Waals surface area contributed by atoms with Gasteiger partial charge in [0.25, 0.3) is 0 Å². The maximum Gasteiger partial charge on any atom is 0.208 e. The summed E-state index contributed by atoms with van der Waals surface area (Å²) in [6, 6.07) is 0. The standard InChI is InChI=1S/C11H16N6S/c1-3-4-12-10-6-13-9(5-14-10)7-18-11-15-8(2)16-17-11/h5-6H,3-4,7H2,1-2H3,(H,12,14)(H,15,16,17). The van der Waals surface area contributed by atoms with Crippen molar-refractivity contribution >= 4 is 17.6 Å². The molecular formula is C11H16N6S. The molecule has 0 aliphatic carbocycles. The van der Waals surface area contributed by atoms with Crippen LogP contribution in [0.4, 0.5) is 5.82 Å². The normalized spacial score (nSPS) is 10.6. The van der Waals surface area contributed by atoms with Gasteiger partial charge in [-0.25, -0.2) is 9.97 Å². The van der Waals surface area contributed by atoms with Crippen LogP contribution in [-0.2, 0) is 5.75 Å². The van der Waals surface area contributed by atoms with Gasteiger partial charge in [0, 0.05) is 12.3 Å². The first-order valence-corrected chi connectivity index (χ1v) is 6.83. The fraction of sp³-hybridized carbons (Fsp3) is 0.455. The fourth-order valence-corrected chi connectivity index (χ4v) is 2.04. The summed E-state index contributed by atoms with van der Waals surface area (Å²) in [5, 5.41) is 10.8. The summed E-state index contributed by atoms with van der Waals surface area (Å²) in [6.07, 6.45) is 4.61. The van der Waals surface area contributed by atoms with Crippen LogP contribution >= 0.6 is 11.8 Å². The molecule has 2 aromatic rings. The van der Waals surface area contributed by atoms with E-state index in [0.717, 1.165) is 41.2 Å². The third-order valence-electron chi connectivity index (χ3n) is 2.19. The van der Waals surface area contributed by atoms with Gasteiger partial charge >= 0.3 is 0 Å². The summed E-state index contributed by atoms with van der Waals surface area (Å²) >= 11 is 1.54. The Hall–Kier alpha value is -1.63. The molecular weight excluding hydrogens is 248 g/mol. The van der Waals surface area contributed by atoms with Crippen LogP contribution in [0.15, 0.2) is 17.6 Å². The molecule has 2 rings (SSSR count). The van der Waals surface area contributed by atoms with Gasteiger partial charge in [0.2, 0.25) is 5.16 Å². The van der Waals surface area contributed by atoms with Crippen molar-refractivity contribution in [2.24, 2.45) is 0 Å². The van der Waals surface area contributed by atoms with E-state index in [-0.39, 0.29) is 0 Å². The second kappa shape index (κ2) is 6.34. The number of nitrogens with zero attached hydrogens (tertiary/aromatic N) is 4. The smallest absolute Gasteiger partial charge is 0.208 e. The lowest BCUT2D eigenvalue weighted by Crippen LogP contribution is -2.02. The first-order chi connectivity index (χ1) is 8.78. The molecule has 18 heavy (non-hydrogen) atoms. The van der Waals surface area contributed by atoms with Crippen LogP contribution < -0.4 is 5.32 Å². The molecule has 2 N–H and O–H groups in total. The average molecular weight is 264 g/mol. The summed E-state index contributed by atoms with van der Waals surface area (Å²) < 4.78 is 0. The molecule has 7 heteroatoms. The number of aromatic amines is 1. The second-order valence-corrected chi connectivity index (χ2v) is 4.75. The molecule has 0 radical (unpaired) electrons. The van der Waals surface area contributed by atoms with Crippen molar-refractivity contribution in [2.75, 3.05) is 11.9 Å². The Morgan fingerprint density at radius 3 is 2.83 bits per heavy atom. The molecule has 0 bridgehead atoms. The van der Waals surface area contributed by atoms with E-state index >= 15 is 0 Å². The minimum atomic E-state index is 0.721. The number of H-pyrrole nitrogens is 1. The lowest BCUT2D eigenvalue weighted by molar-refractivity contribution is 0.956. The van der Waals surface area contributed by atoms with Gasteiger partial charge in [-0.1, -0.05) is 18.7 Å². The second-order valence-electron chi connectivity index (χ2n) is 3.81. The minimum absolute atomic E-state index is 0.721. The van der Waals surface area contributed by atoms with E-state index in [1.54, 1.807) is 24.2 Å². The Morgan fingerprint density at radius 1 is 1.33 bits per heavy atom. The molecule has 0 fully saturated rings. The van der Waals surface area contributed by atoms with Crippen molar-refractivity contribution in [3.63, 3.8) is 0 Å². The van der Waals surface area contributed by atoms with Gasteiger partial charge in [0.15, 0.2) is 0 Å². The number of rotatable bonds is 6. The summed E-state index contributed by atoms with van der Waals surface area (Å²) in [4.78, 5) is 12.9. The third kappa shape index (κ3) is 3.69. The Morgan fingerprint density at radius 2 is 2.22 bits per heavy atom. The van der Waals surface area contributed by atoms with E-state index < -0.39 is 0 Å². The Kier molecular flexibility index (Phi) is 4.52. The van der Waals surface area contributed by atoms with Crippen molar-refractivity contribution in [2.45, 2.75) is 31.2 Å². The van der Waals surface area contributed by atoms with E-state index in [4.69, 9.17) is 0 Å². The number of hydrogen-bond acceptors (Lipinski definition) is 6. The molecule has 0 aromatic carbocycles. The molecule has 2 heterocycles. The monoisotopic (exact) mass is 264 g/mol. The van der Waals surface area contributed by atoms with Crippen LogP contribution in [0.1, 0.15) is 24.9 Å². The summed E-state index contributed by atoms with van der Waals surface area (Å²) in [5.74, 6) is 2.36. The quantitative estimate of drug-likeness (QED) is 0.777. The molecule has 2 aromatic heterocycles. The largest absolute Gasteiger partial charge is 0.369 e. The number of aryl methyl sites for hydroxylation is 1. The van der Waals surface area contributed by atoms with Gasteiger partial charge in [0.05, 0.1) is 18.1 Å². The first kappa shape index (κ1) is 12.8. The van der Waals surface area contributed by atoms with Crippen molar-refractivity contribution < 1.29 is 0 Å². The average Bonchev–Trinajstić information content (AvgIpc) is 2.81. The van der Waals surface area contributed by atoms with E-state index in [1.807, 2.05) is 6.92 Å². The van der Waals surface area contributed by atoms with E-state index in [2.05, 4.69) is 37.4 Å². The lowest BCUT2D eigenvalue weighted by atomic mass is 10.4. The third-order valence-corrected chi connectivity index (χ3v) is 3.07. The number of thioether (sulfide) groups is 1. The highest BCUT2D eigenvalue weighted by Crippen LogP contribution is 2.17. The van der Waals surface area contributed by atoms with E-state index in [9.17, 15) is 0 Å². The summed E-state index contributed by atoms with van der Waals surface area (Å²) in [6.45, 7) is 4.91. The highest BCUT2D eigenvalue weighted by atomic mass is 32.2. The van der Waals surface area contributed by atoms with Gasteiger partial charge in [-0.3, -0.25) is 10.1 Å². The Balaban J connectivity index is 1.86. The summed E-state index contributed by atoms with van der Waals surface area (Å²) in [5.41, 5.74) is 0.921. The zero-order chi connectivity index (χ0) is 12.8. The van der Waals surface area contributed by atoms with E-state index in [0.29, 0.717) is 0 Å². The predicted octanol–water partition coefficient (Wildman–Crippen LogP) is 2.02. The van der Waals surface area contributed by atoms with Crippen LogP contribution in [-0.4, -0.2) is 31.7 Å². The molecule has 96 valence electrons. The molecule has 0 aliphatic heterocycles. The van der Waals surface area contributed by atoms with Crippen LogP contribution in [0.25, 0.3) is 0 Å². The van der Waals surface area contributed by atoms with Gasteiger partial charge in [0.1, 0.15) is 11.6 Å². The molecule has 0 unspecified atom stereocenters. The zero-order valence-corrected chi connectivity index (χ0v) is 11.3. The molecule has 0 saturated carbocycles. The highest BCUT2D eigenvalue weighted by molar-refractivity contribution is 7.98. The highest BCUT2D eigenvalue weighted by Gasteiger charge is 2.03. The van der Waals surface area contributed by atoms with Crippen molar-refractivity contribution in [3.8, 4) is 0 Å². The molecule has 0 saturated heterocycles. The Labute approximate surface area is 110 Å². The number of aromatic nitrogens is 5. The Bertz CT molecular complexity index is 481. The van der Waals surface area contributed by atoms with Crippen molar-refractivity contribution in [3.05, 3.63) is 23.9 Å². The van der Waals surface area contributed by atoms with E-state index in [1.165, 1.54) is 0 Å². The van der Waals surface area contributed by atoms with Crippen molar-refractivity contribution in [1.82, 2.24) is 25.1 Å².